The molecule has 0 bridgehead atoms. The van der Waals surface area contributed by atoms with Crippen molar-refractivity contribution in [3.05, 3.63) is 0 Å². The van der Waals surface area contributed by atoms with Gasteiger partial charge in [-0.2, -0.15) is 0 Å². The van der Waals surface area contributed by atoms with Gasteiger partial charge in [-0.3, -0.25) is 4.90 Å². The summed E-state index contributed by atoms with van der Waals surface area (Å²) in [6.07, 6.45) is 1.05. The van der Waals surface area contributed by atoms with Crippen LogP contribution >= 0.6 is 0 Å². The summed E-state index contributed by atoms with van der Waals surface area (Å²) in [6, 6.07) is 0.512. The molecule has 3 heteroatoms. The summed E-state index contributed by atoms with van der Waals surface area (Å²) in [4.78, 5) is 2.31. The van der Waals surface area contributed by atoms with Gasteiger partial charge in [-0.25, -0.2) is 0 Å². The summed E-state index contributed by atoms with van der Waals surface area (Å²) in [5.74, 6) is 0. The van der Waals surface area contributed by atoms with Gasteiger partial charge in [-0.1, -0.05) is 0 Å². The average molecular weight is 188 g/mol. The standard InChI is InChI=1S/C10H24N2O/c1-9(6-7-13-5)12(4)10(2,3)8-11/h9H,6-8,11H2,1-5H3. The molecule has 0 aliphatic carbocycles. The van der Waals surface area contributed by atoms with Crippen LogP contribution in [0.2, 0.25) is 0 Å². The van der Waals surface area contributed by atoms with E-state index in [9.17, 15) is 0 Å². The molecule has 80 valence electrons. The smallest absolute Gasteiger partial charge is 0.0477 e. The lowest BCUT2D eigenvalue weighted by molar-refractivity contribution is 0.0879. The van der Waals surface area contributed by atoms with Gasteiger partial charge in [0.05, 0.1) is 0 Å². The molecule has 0 aliphatic heterocycles. The second kappa shape index (κ2) is 5.58. The first kappa shape index (κ1) is 12.9. The minimum atomic E-state index is 0.0765. The molecule has 13 heavy (non-hydrogen) atoms. The molecule has 0 aromatic heterocycles. The molecule has 1 unspecified atom stereocenters. The number of likely N-dealkylation sites (N-methyl/N-ethyl adjacent to an activating group) is 1. The third-order valence-corrected chi connectivity index (χ3v) is 2.86. The number of hydrogen-bond acceptors (Lipinski definition) is 3. The number of ether oxygens (including phenoxy) is 1. The monoisotopic (exact) mass is 188 g/mol. The molecular formula is C10H24N2O. The Kier molecular flexibility index (Phi) is 5.53. The Bertz CT molecular complexity index is 137. The first-order chi connectivity index (χ1) is 5.95. The van der Waals surface area contributed by atoms with E-state index >= 15 is 0 Å². The van der Waals surface area contributed by atoms with Crippen molar-refractivity contribution in [2.24, 2.45) is 5.73 Å². The van der Waals surface area contributed by atoms with Gasteiger partial charge in [0.2, 0.25) is 0 Å². The molecule has 0 amide bonds. The minimum Gasteiger partial charge on any atom is -0.385 e. The van der Waals surface area contributed by atoms with Crippen LogP contribution < -0.4 is 5.73 Å². The predicted molar refractivity (Wildman–Crippen MR) is 56.9 cm³/mol. The van der Waals surface area contributed by atoms with Crippen LogP contribution in [-0.2, 0) is 4.74 Å². The first-order valence-electron chi connectivity index (χ1n) is 4.87. The lowest BCUT2D eigenvalue weighted by Gasteiger charge is -2.39. The molecule has 0 aliphatic rings. The van der Waals surface area contributed by atoms with Crippen molar-refractivity contribution < 1.29 is 4.74 Å². The van der Waals surface area contributed by atoms with Crippen molar-refractivity contribution in [3.63, 3.8) is 0 Å². The molecule has 3 nitrogen and oxygen atoms in total. The third-order valence-electron chi connectivity index (χ3n) is 2.86. The Morgan fingerprint density at radius 2 is 2.00 bits per heavy atom. The van der Waals surface area contributed by atoms with Crippen LogP contribution in [0, 0.1) is 0 Å². The molecular weight excluding hydrogens is 164 g/mol. The number of nitrogens with zero attached hydrogens (tertiary/aromatic N) is 1. The number of hydrogen-bond donors (Lipinski definition) is 1. The molecule has 0 saturated carbocycles. The van der Waals surface area contributed by atoms with E-state index in [4.69, 9.17) is 10.5 Å². The zero-order chi connectivity index (χ0) is 10.5. The SMILES string of the molecule is COCCC(C)N(C)C(C)(C)CN. The highest BCUT2D eigenvalue weighted by atomic mass is 16.5. The molecule has 0 rings (SSSR count). The van der Waals surface area contributed by atoms with Gasteiger partial charge in [0, 0.05) is 31.8 Å². The highest BCUT2D eigenvalue weighted by Crippen LogP contribution is 2.15. The summed E-state index contributed by atoms with van der Waals surface area (Å²) < 4.78 is 5.05. The molecule has 0 aromatic rings. The molecule has 1 atom stereocenters. The minimum absolute atomic E-state index is 0.0765. The van der Waals surface area contributed by atoms with Gasteiger partial charge in [-0.15, -0.1) is 0 Å². The first-order valence-corrected chi connectivity index (χ1v) is 4.87. The summed E-state index contributed by atoms with van der Waals surface area (Å²) in [7, 11) is 3.86. The van der Waals surface area contributed by atoms with E-state index in [-0.39, 0.29) is 5.54 Å². The Labute approximate surface area is 82.2 Å². The fourth-order valence-electron chi connectivity index (χ4n) is 1.22. The van der Waals surface area contributed by atoms with Gasteiger partial charge in [0.15, 0.2) is 0 Å². The van der Waals surface area contributed by atoms with Crippen molar-refractivity contribution >= 4 is 0 Å². The van der Waals surface area contributed by atoms with Crippen LogP contribution in [0.25, 0.3) is 0 Å². The van der Waals surface area contributed by atoms with Crippen LogP contribution in [-0.4, -0.2) is 43.8 Å². The predicted octanol–water partition coefficient (Wildman–Crippen LogP) is 1.08. The molecule has 0 saturated heterocycles. The van der Waals surface area contributed by atoms with E-state index in [1.807, 2.05) is 0 Å². The maximum Gasteiger partial charge on any atom is 0.0477 e. The topological polar surface area (TPSA) is 38.5 Å². The van der Waals surface area contributed by atoms with E-state index < -0.39 is 0 Å². The van der Waals surface area contributed by atoms with Crippen molar-refractivity contribution in [2.75, 3.05) is 27.3 Å². The van der Waals surface area contributed by atoms with Crippen molar-refractivity contribution in [2.45, 2.75) is 38.8 Å². The van der Waals surface area contributed by atoms with E-state index in [0.29, 0.717) is 12.6 Å². The summed E-state index contributed by atoms with van der Waals surface area (Å²) >= 11 is 0. The maximum absolute atomic E-state index is 5.70. The highest BCUT2D eigenvalue weighted by Gasteiger charge is 2.25. The average Bonchev–Trinajstić information content (AvgIpc) is 2.12. The largest absolute Gasteiger partial charge is 0.385 e. The molecule has 0 heterocycles. The van der Waals surface area contributed by atoms with E-state index in [2.05, 4.69) is 32.7 Å². The number of methoxy groups -OCH3 is 1. The molecule has 0 radical (unpaired) electrons. The molecule has 0 spiro atoms. The highest BCUT2D eigenvalue weighted by molar-refractivity contribution is 4.83. The Morgan fingerprint density at radius 1 is 1.46 bits per heavy atom. The van der Waals surface area contributed by atoms with Crippen molar-refractivity contribution in [3.8, 4) is 0 Å². The van der Waals surface area contributed by atoms with Crippen LogP contribution in [0.5, 0.6) is 0 Å². The molecule has 0 aromatic carbocycles. The van der Waals surface area contributed by atoms with Crippen LogP contribution in [0.15, 0.2) is 0 Å². The Balaban J connectivity index is 4.00. The third kappa shape index (κ3) is 4.07. The van der Waals surface area contributed by atoms with Gasteiger partial charge >= 0.3 is 0 Å². The quantitative estimate of drug-likeness (QED) is 0.678. The zero-order valence-electron chi connectivity index (χ0n) is 9.63. The van der Waals surface area contributed by atoms with Gasteiger partial charge in [0.25, 0.3) is 0 Å². The number of rotatable bonds is 6. The van der Waals surface area contributed by atoms with E-state index in [0.717, 1.165) is 13.0 Å². The van der Waals surface area contributed by atoms with Crippen molar-refractivity contribution in [1.29, 1.82) is 0 Å². The number of nitrogens with two attached hydrogens (primary N) is 1. The summed E-state index contributed by atoms with van der Waals surface area (Å²) in [5.41, 5.74) is 5.78. The second-order valence-electron chi connectivity index (χ2n) is 4.26. The Morgan fingerprint density at radius 3 is 2.38 bits per heavy atom. The maximum atomic E-state index is 5.70. The van der Waals surface area contributed by atoms with Gasteiger partial charge in [0.1, 0.15) is 0 Å². The van der Waals surface area contributed by atoms with Crippen LogP contribution in [0.1, 0.15) is 27.2 Å². The van der Waals surface area contributed by atoms with Crippen molar-refractivity contribution in [1.82, 2.24) is 4.90 Å². The zero-order valence-corrected chi connectivity index (χ0v) is 9.63. The normalized spacial score (nSPS) is 15.0. The Hall–Kier alpha value is -0.120. The lowest BCUT2D eigenvalue weighted by Crippen LogP contribution is -2.51. The molecule has 0 fully saturated rings. The molecule has 2 N–H and O–H groups in total. The van der Waals surface area contributed by atoms with E-state index in [1.54, 1.807) is 7.11 Å². The summed E-state index contributed by atoms with van der Waals surface area (Å²) in [6.45, 7) is 8.02. The van der Waals surface area contributed by atoms with Crippen LogP contribution in [0.3, 0.4) is 0 Å². The summed E-state index contributed by atoms with van der Waals surface area (Å²) in [5, 5.41) is 0. The van der Waals surface area contributed by atoms with Gasteiger partial charge < -0.3 is 10.5 Å². The lowest BCUT2D eigenvalue weighted by atomic mass is 10.0. The second-order valence-corrected chi connectivity index (χ2v) is 4.26. The fraction of sp³-hybridized carbons (Fsp3) is 1.00. The van der Waals surface area contributed by atoms with E-state index in [1.165, 1.54) is 0 Å². The van der Waals surface area contributed by atoms with Crippen LogP contribution in [0.4, 0.5) is 0 Å². The fourth-order valence-corrected chi connectivity index (χ4v) is 1.22. The van der Waals surface area contributed by atoms with Gasteiger partial charge in [-0.05, 0) is 34.2 Å².